The molecule has 2 heteroatoms. The van der Waals surface area contributed by atoms with Gasteiger partial charge in [0.05, 0.1) is 0 Å². The van der Waals surface area contributed by atoms with Gasteiger partial charge in [-0.05, 0) is 37.3 Å². The summed E-state index contributed by atoms with van der Waals surface area (Å²) in [5.41, 5.74) is 2.47. The van der Waals surface area contributed by atoms with Crippen molar-refractivity contribution < 1.29 is 8.78 Å². The minimum atomic E-state index is -0.874. The van der Waals surface area contributed by atoms with Crippen molar-refractivity contribution in [3.05, 3.63) is 70.8 Å². The van der Waals surface area contributed by atoms with Crippen molar-refractivity contribution in [2.45, 2.75) is 6.92 Å². The van der Waals surface area contributed by atoms with E-state index in [1.807, 2.05) is 31.2 Å². The molecule has 0 aliphatic carbocycles. The molecule has 0 radical (unpaired) electrons. The van der Waals surface area contributed by atoms with Crippen molar-refractivity contribution >= 4 is 0 Å². The maximum atomic E-state index is 12.9. The van der Waals surface area contributed by atoms with E-state index in [9.17, 15) is 8.78 Å². The molecule has 2 aromatic rings. The minimum absolute atomic E-state index is 0.462. The summed E-state index contributed by atoms with van der Waals surface area (Å²) >= 11 is 0. The minimum Gasteiger partial charge on any atom is -0.204 e. The van der Waals surface area contributed by atoms with Crippen LogP contribution in [0.2, 0.25) is 0 Å². The van der Waals surface area contributed by atoms with Crippen LogP contribution in [0.5, 0.6) is 0 Å². The molecule has 0 saturated heterocycles. The van der Waals surface area contributed by atoms with Gasteiger partial charge >= 0.3 is 0 Å². The number of hydrogen-bond acceptors (Lipinski definition) is 0. The van der Waals surface area contributed by atoms with Crippen molar-refractivity contribution in [2.24, 2.45) is 0 Å². The van der Waals surface area contributed by atoms with Crippen LogP contribution in [0.4, 0.5) is 8.78 Å². The van der Waals surface area contributed by atoms with E-state index < -0.39 is 11.6 Å². The fraction of sp³-hybridized carbons (Fsp3) is 0.0667. The summed E-state index contributed by atoms with van der Waals surface area (Å²) in [6.45, 7) is 1.99. The molecular weight excluding hydrogens is 218 g/mol. The molecule has 84 valence electrons. The third-order valence-corrected chi connectivity index (χ3v) is 2.32. The first kappa shape index (κ1) is 11.3. The van der Waals surface area contributed by atoms with Gasteiger partial charge in [-0.25, -0.2) is 8.78 Å². The smallest absolute Gasteiger partial charge is 0.160 e. The molecular formula is C15H10F2. The van der Waals surface area contributed by atoms with E-state index in [0.29, 0.717) is 5.56 Å². The largest absolute Gasteiger partial charge is 0.204 e. The average Bonchev–Trinajstić information content (AvgIpc) is 2.33. The molecule has 0 N–H and O–H groups in total. The lowest BCUT2D eigenvalue weighted by Gasteiger charge is -1.94. The molecule has 0 saturated carbocycles. The molecule has 0 bridgehead atoms. The van der Waals surface area contributed by atoms with Crippen LogP contribution in [-0.2, 0) is 0 Å². The van der Waals surface area contributed by atoms with Gasteiger partial charge in [-0.3, -0.25) is 0 Å². The predicted octanol–water partition coefficient (Wildman–Crippen LogP) is 3.67. The Kier molecular flexibility index (Phi) is 3.20. The Bertz CT molecular complexity index is 587. The lowest BCUT2D eigenvalue weighted by Crippen LogP contribution is -1.84. The van der Waals surface area contributed by atoms with Crippen LogP contribution < -0.4 is 0 Å². The van der Waals surface area contributed by atoms with E-state index in [1.165, 1.54) is 6.07 Å². The second-order valence-electron chi connectivity index (χ2n) is 3.74. The van der Waals surface area contributed by atoms with Crippen LogP contribution in [0.15, 0.2) is 42.5 Å². The van der Waals surface area contributed by atoms with Crippen molar-refractivity contribution in [1.29, 1.82) is 0 Å². The highest BCUT2D eigenvalue weighted by Gasteiger charge is 1.99. The van der Waals surface area contributed by atoms with Gasteiger partial charge in [-0.1, -0.05) is 29.5 Å². The van der Waals surface area contributed by atoms with E-state index in [4.69, 9.17) is 0 Å². The van der Waals surface area contributed by atoms with Crippen molar-refractivity contribution in [1.82, 2.24) is 0 Å². The van der Waals surface area contributed by atoms with Gasteiger partial charge in [0.2, 0.25) is 0 Å². The summed E-state index contributed by atoms with van der Waals surface area (Å²) in [4.78, 5) is 0. The van der Waals surface area contributed by atoms with E-state index >= 15 is 0 Å². The zero-order valence-corrected chi connectivity index (χ0v) is 9.30. The zero-order valence-electron chi connectivity index (χ0n) is 9.30. The first-order valence-corrected chi connectivity index (χ1v) is 5.19. The molecule has 0 heterocycles. The monoisotopic (exact) mass is 228 g/mol. The second-order valence-corrected chi connectivity index (χ2v) is 3.74. The standard InChI is InChI=1S/C15H10F2/c1-11-2-4-12(5-3-11)6-7-13-8-9-14(16)15(17)10-13/h2-5,8-10H,1H3. The van der Waals surface area contributed by atoms with Crippen LogP contribution in [0.25, 0.3) is 0 Å². The average molecular weight is 228 g/mol. The maximum absolute atomic E-state index is 12.9. The molecule has 0 aliphatic heterocycles. The Hall–Kier alpha value is -2.14. The predicted molar refractivity (Wildman–Crippen MR) is 63.5 cm³/mol. The summed E-state index contributed by atoms with van der Waals surface area (Å²) in [5, 5.41) is 0. The van der Waals surface area contributed by atoms with E-state index in [0.717, 1.165) is 23.3 Å². The Balaban J connectivity index is 2.26. The molecule has 0 spiro atoms. The van der Waals surface area contributed by atoms with Crippen LogP contribution in [0.3, 0.4) is 0 Å². The molecule has 0 aromatic heterocycles. The Morgan fingerprint density at radius 3 is 2.00 bits per heavy atom. The molecule has 2 aromatic carbocycles. The molecule has 0 fully saturated rings. The van der Waals surface area contributed by atoms with Crippen molar-refractivity contribution in [3.63, 3.8) is 0 Å². The molecule has 0 atom stereocenters. The molecule has 17 heavy (non-hydrogen) atoms. The van der Waals surface area contributed by atoms with Gasteiger partial charge in [-0.15, -0.1) is 0 Å². The highest BCUT2D eigenvalue weighted by Crippen LogP contribution is 2.08. The molecule has 0 aliphatic rings. The highest BCUT2D eigenvalue weighted by molar-refractivity contribution is 5.43. The first-order valence-electron chi connectivity index (χ1n) is 5.19. The SMILES string of the molecule is Cc1ccc(C#Cc2ccc(F)c(F)c2)cc1. The van der Waals surface area contributed by atoms with Crippen LogP contribution in [0, 0.1) is 30.4 Å². The molecule has 0 unspecified atom stereocenters. The quantitative estimate of drug-likeness (QED) is 0.603. The number of aryl methyl sites for hydroxylation is 1. The molecule has 0 nitrogen and oxygen atoms in total. The maximum Gasteiger partial charge on any atom is 0.160 e. The third-order valence-electron chi connectivity index (χ3n) is 2.32. The lowest BCUT2D eigenvalue weighted by molar-refractivity contribution is 0.508. The number of halogens is 2. The summed E-state index contributed by atoms with van der Waals surface area (Å²) in [6.07, 6.45) is 0. The Labute approximate surface area is 98.9 Å². The third kappa shape index (κ3) is 2.92. The van der Waals surface area contributed by atoms with Crippen LogP contribution >= 0.6 is 0 Å². The summed E-state index contributed by atoms with van der Waals surface area (Å²) in [7, 11) is 0. The Morgan fingerprint density at radius 1 is 0.765 bits per heavy atom. The van der Waals surface area contributed by atoms with Gasteiger partial charge in [0.15, 0.2) is 11.6 Å². The van der Waals surface area contributed by atoms with Gasteiger partial charge in [0.25, 0.3) is 0 Å². The summed E-state index contributed by atoms with van der Waals surface area (Å²) in [6, 6.07) is 11.3. The van der Waals surface area contributed by atoms with Crippen LogP contribution in [0.1, 0.15) is 16.7 Å². The molecule has 0 amide bonds. The summed E-state index contributed by atoms with van der Waals surface area (Å²) < 4.78 is 25.6. The van der Waals surface area contributed by atoms with Gasteiger partial charge < -0.3 is 0 Å². The van der Waals surface area contributed by atoms with Crippen molar-refractivity contribution in [2.75, 3.05) is 0 Å². The van der Waals surface area contributed by atoms with Gasteiger partial charge in [0, 0.05) is 11.1 Å². The van der Waals surface area contributed by atoms with E-state index in [2.05, 4.69) is 11.8 Å². The lowest BCUT2D eigenvalue weighted by atomic mass is 10.1. The van der Waals surface area contributed by atoms with E-state index in [-0.39, 0.29) is 0 Å². The zero-order chi connectivity index (χ0) is 12.3. The Morgan fingerprint density at radius 2 is 1.35 bits per heavy atom. The normalized spacial score (nSPS) is 9.59. The fourth-order valence-electron chi connectivity index (χ4n) is 1.36. The van der Waals surface area contributed by atoms with Gasteiger partial charge in [0.1, 0.15) is 0 Å². The topological polar surface area (TPSA) is 0 Å². The highest BCUT2D eigenvalue weighted by atomic mass is 19.2. The number of rotatable bonds is 0. The second kappa shape index (κ2) is 4.80. The van der Waals surface area contributed by atoms with E-state index in [1.54, 1.807) is 0 Å². The van der Waals surface area contributed by atoms with Gasteiger partial charge in [-0.2, -0.15) is 0 Å². The molecule has 2 rings (SSSR count). The summed E-state index contributed by atoms with van der Waals surface area (Å²) in [5.74, 6) is 3.96. The number of hydrogen-bond donors (Lipinski definition) is 0. The van der Waals surface area contributed by atoms with Crippen molar-refractivity contribution in [3.8, 4) is 11.8 Å². The van der Waals surface area contributed by atoms with Crippen LogP contribution in [-0.4, -0.2) is 0 Å². The number of benzene rings is 2. The fourth-order valence-corrected chi connectivity index (χ4v) is 1.36. The first-order chi connectivity index (χ1) is 8.15.